The van der Waals surface area contributed by atoms with Crippen LogP contribution in [0.1, 0.15) is 17.5 Å². The minimum absolute atomic E-state index is 0.0607. The summed E-state index contributed by atoms with van der Waals surface area (Å²) in [6.07, 6.45) is 0.288. The fourth-order valence-corrected chi connectivity index (χ4v) is 0.967. The molecule has 0 bridgehead atoms. The van der Waals surface area contributed by atoms with Crippen molar-refractivity contribution in [2.45, 2.75) is 13.3 Å². The van der Waals surface area contributed by atoms with Crippen molar-refractivity contribution in [1.82, 2.24) is 0 Å². The Kier molecular flexibility index (Phi) is 3.61. The number of aliphatic hydroxyl groups excluding tert-OH is 1. The molecule has 0 aliphatic rings. The van der Waals surface area contributed by atoms with Crippen LogP contribution in [0.5, 0.6) is 0 Å². The number of aryl methyl sites for hydroxylation is 1. The maximum Gasteiger partial charge on any atom is 0.141 e. The molecule has 1 aromatic rings. The molecule has 74 valence electrons. The van der Waals surface area contributed by atoms with Crippen LogP contribution in [-0.4, -0.2) is 11.7 Å². The first-order valence-electron chi connectivity index (χ1n) is 4.20. The zero-order valence-corrected chi connectivity index (χ0v) is 7.77. The molecule has 0 unspecified atom stereocenters. The Hall–Kier alpha value is -1.40. The topological polar surface area (TPSA) is 20.2 Å². The summed E-state index contributed by atoms with van der Waals surface area (Å²) in [6.45, 7) is 1.49. The number of benzene rings is 1. The molecule has 1 aromatic carbocycles. The Balaban J connectivity index is 3.00. The zero-order chi connectivity index (χ0) is 10.6. The van der Waals surface area contributed by atoms with Crippen LogP contribution in [0.3, 0.4) is 0 Å². The van der Waals surface area contributed by atoms with E-state index in [0.717, 1.165) is 6.07 Å². The molecule has 0 amide bonds. The standard InChI is InChI=1S/C11H10F2O/c1-8-6-9(4-2-3-5-14)11(13)7-10(8)12/h6-7,14H,3,5H2,1H3. The van der Waals surface area contributed by atoms with E-state index in [2.05, 4.69) is 11.8 Å². The Morgan fingerprint density at radius 3 is 2.64 bits per heavy atom. The zero-order valence-electron chi connectivity index (χ0n) is 7.77. The molecule has 0 atom stereocenters. The normalized spacial score (nSPS) is 9.43. The first kappa shape index (κ1) is 10.7. The first-order valence-corrected chi connectivity index (χ1v) is 4.20. The monoisotopic (exact) mass is 196 g/mol. The molecular formula is C11H10F2O. The van der Waals surface area contributed by atoms with Gasteiger partial charge in [0.05, 0.1) is 12.2 Å². The van der Waals surface area contributed by atoms with Gasteiger partial charge in [0.15, 0.2) is 0 Å². The second kappa shape index (κ2) is 4.73. The van der Waals surface area contributed by atoms with Gasteiger partial charge in [-0.15, -0.1) is 0 Å². The summed E-state index contributed by atoms with van der Waals surface area (Å²) in [5, 5.41) is 8.46. The lowest BCUT2D eigenvalue weighted by Gasteiger charge is -1.98. The van der Waals surface area contributed by atoms with Crippen LogP contribution in [0.25, 0.3) is 0 Å². The Labute approximate surface area is 81.4 Å². The summed E-state index contributed by atoms with van der Waals surface area (Å²) < 4.78 is 25.9. The molecule has 0 aliphatic carbocycles. The van der Waals surface area contributed by atoms with Crippen molar-refractivity contribution >= 4 is 0 Å². The van der Waals surface area contributed by atoms with Crippen LogP contribution in [0.4, 0.5) is 8.78 Å². The van der Waals surface area contributed by atoms with E-state index in [1.54, 1.807) is 6.92 Å². The van der Waals surface area contributed by atoms with Crippen LogP contribution in [0, 0.1) is 30.4 Å². The lowest BCUT2D eigenvalue weighted by molar-refractivity contribution is 0.305. The van der Waals surface area contributed by atoms with E-state index in [1.165, 1.54) is 6.07 Å². The maximum absolute atomic E-state index is 13.1. The van der Waals surface area contributed by atoms with Gasteiger partial charge in [-0.2, -0.15) is 0 Å². The van der Waals surface area contributed by atoms with Crippen LogP contribution in [0.15, 0.2) is 12.1 Å². The SMILES string of the molecule is Cc1cc(C#CCCO)c(F)cc1F. The van der Waals surface area contributed by atoms with Gasteiger partial charge in [0.25, 0.3) is 0 Å². The van der Waals surface area contributed by atoms with E-state index in [1.807, 2.05) is 0 Å². The molecule has 0 radical (unpaired) electrons. The predicted octanol–water partition coefficient (Wildman–Crippen LogP) is 2.01. The molecule has 0 spiro atoms. The third kappa shape index (κ3) is 2.54. The average Bonchev–Trinajstić information content (AvgIpc) is 2.14. The van der Waals surface area contributed by atoms with Crippen LogP contribution >= 0.6 is 0 Å². The van der Waals surface area contributed by atoms with Gasteiger partial charge < -0.3 is 5.11 Å². The van der Waals surface area contributed by atoms with Gasteiger partial charge in [-0.3, -0.25) is 0 Å². The Morgan fingerprint density at radius 2 is 2.00 bits per heavy atom. The van der Waals surface area contributed by atoms with E-state index >= 15 is 0 Å². The second-order valence-corrected chi connectivity index (χ2v) is 2.86. The van der Waals surface area contributed by atoms with Gasteiger partial charge in [-0.1, -0.05) is 11.8 Å². The van der Waals surface area contributed by atoms with Crippen molar-refractivity contribution in [3.63, 3.8) is 0 Å². The van der Waals surface area contributed by atoms with Gasteiger partial charge >= 0.3 is 0 Å². The summed E-state index contributed by atoms with van der Waals surface area (Å²) in [5.41, 5.74) is 0.525. The number of hydrogen-bond donors (Lipinski definition) is 1. The molecule has 1 rings (SSSR count). The van der Waals surface area contributed by atoms with E-state index in [4.69, 9.17) is 5.11 Å². The smallest absolute Gasteiger partial charge is 0.141 e. The third-order valence-corrected chi connectivity index (χ3v) is 1.71. The number of rotatable bonds is 1. The number of aliphatic hydroxyl groups is 1. The maximum atomic E-state index is 13.1. The van der Waals surface area contributed by atoms with Gasteiger partial charge in [0, 0.05) is 12.5 Å². The third-order valence-electron chi connectivity index (χ3n) is 1.71. The minimum Gasteiger partial charge on any atom is -0.395 e. The highest BCUT2D eigenvalue weighted by Crippen LogP contribution is 2.12. The Morgan fingerprint density at radius 1 is 1.29 bits per heavy atom. The highest BCUT2D eigenvalue weighted by molar-refractivity contribution is 5.38. The lowest BCUT2D eigenvalue weighted by atomic mass is 10.1. The summed E-state index contributed by atoms with van der Waals surface area (Å²) in [5.74, 6) is 3.86. The molecule has 0 aromatic heterocycles. The first-order chi connectivity index (χ1) is 6.65. The molecule has 1 N–H and O–H groups in total. The largest absolute Gasteiger partial charge is 0.395 e. The summed E-state index contributed by atoms with van der Waals surface area (Å²) >= 11 is 0. The predicted molar refractivity (Wildman–Crippen MR) is 49.7 cm³/mol. The molecule has 0 aliphatic heterocycles. The van der Waals surface area contributed by atoms with Gasteiger partial charge in [0.2, 0.25) is 0 Å². The summed E-state index contributed by atoms with van der Waals surface area (Å²) in [7, 11) is 0. The molecular weight excluding hydrogens is 186 g/mol. The quantitative estimate of drug-likeness (QED) is 0.681. The van der Waals surface area contributed by atoms with E-state index in [0.29, 0.717) is 5.56 Å². The fraction of sp³-hybridized carbons (Fsp3) is 0.273. The number of hydrogen-bond acceptors (Lipinski definition) is 1. The molecule has 0 saturated heterocycles. The van der Waals surface area contributed by atoms with Crippen LogP contribution < -0.4 is 0 Å². The second-order valence-electron chi connectivity index (χ2n) is 2.86. The lowest BCUT2D eigenvalue weighted by Crippen LogP contribution is -1.90. The van der Waals surface area contributed by atoms with Crippen LogP contribution in [-0.2, 0) is 0 Å². The van der Waals surface area contributed by atoms with Gasteiger partial charge in [0.1, 0.15) is 11.6 Å². The Bertz CT molecular complexity index is 388. The van der Waals surface area contributed by atoms with E-state index in [-0.39, 0.29) is 18.6 Å². The summed E-state index contributed by atoms with van der Waals surface area (Å²) in [4.78, 5) is 0. The van der Waals surface area contributed by atoms with Crippen molar-refractivity contribution in [1.29, 1.82) is 0 Å². The molecule has 0 fully saturated rings. The minimum atomic E-state index is -0.668. The van der Waals surface area contributed by atoms with E-state index < -0.39 is 11.6 Å². The van der Waals surface area contributed by atoms with Crippen molar-refractivity contribution in [2.75, 3.05) is 6.61 Å². The van der Waals surface area contributed by atoms with Gasteiger partial charge in [-0.25, -0.2) is 8.78 Å². The van der Waals surface area contributed by atoms with Crippen molar-refractivity contribution in [2.24, 2.45) is 0 Å². The fourth-order valence-electron chi connectivity index (χ4n) is 0.967. The van der Waals surface area contributed by atoms with Crippen molar-refractivity contribution < 1.29 is 13.9 Å². The summed E-state index contributed by atoms with van der Waals surface area (Å²) in [6, 6.07) is 2.17. The molecule has 3 heteroatoms. The number of halogens is 2. The molecule has 14 heavy (non-hydrogen) atoms. The molecule has 1 nitrogen and oxygen atoms in total. The van der Waals surface area contributed by atoms with Crippen molar-refractivity contribution in [3.8, 4) is 11.8 Å². The van der Waals surface area contributed by atoms with Crippen molar-refractivity contribution in [3.05, 3.63) is 34.9 Å². The van der Waals surface area contributed by atoms with Gasteiger partial charge in [-0.05, 0) is 18.6 Å². The van der Waals surface area contributed by atoms with E-state index in [9.17, 15) is 8.78 Å². The highest BCUT2D eigenvalue weighted by atomic mass is 19.1. The average molecular weight is 196 g/mol. The molecule has 0 saturated carbocycles. The molecule has 0 heterocycles. The highest BCUT2D eigenvalue weighted by Gasteiger charge is 2.04. The van der Waals surface area contributed by atoms with Crippen LogP contribution in [0.2, 0.25) is 0 Å².